The molecule has 1 amide bonds. The van der Waals surface area contributed by atoms with Crippen LogP contribution in [0.25, 0.3) is 0 Å². The molecule has 0 spiro atoms. The highest BCUT2D eigenvalue weighted by Gasteiger charge is 2.27. The van der Waals surface area contributed by atoms with Crippen LogP contribution in [0.15, 0.2) is 33.6 Å². The standard InChI is InChI=1S/C21H30N4O5S/c1-14(2)12-25(13-15(3)4)31(27,28)17-9-7-16(8-10-17)19(26)22-21-24-23-20(30-21)18-6-5-11-29-18/h7-10,14-15,18H,5-6,11-13H2,1-4H3,(H,22,24,26). The number of rotatable bonds is 9. The van der Waals surface area contributed by atoms with Crippen molar-refractivity contribution < 1.29 is 22.4 Å². The molecular weight excluding hydrogens is 420 g/mol. The van der Waals surface area contributed by atoms with Crippen molar-refractivity contribution in [2.75, 3.05) is 25.0 Å². The van der Waals surface area contributed by atoms with Gasteiger partial charge in [0.05, 0.1) is 4.90 Å². The van der Waals surface area contributed by atoms with E-state index >= 15 is 0 Å². The second kappa shape index (κ2) is 9.88. The van der Waals surface area contributed by atoms with E-state index in [1.54, 1.807) is 0 Å². The molecule has 1 aromatic heterocycles. The molecule has 0 radical (unpaired) electrons. The number of hydrogen-bond acceptors (Lipinski definition) is 7. The fraction of sp³-hybridized carbons (Fsp3) is 0.571. The van der Waals surface area contributed by atoms with Crippen LogP contribution in [0.1, 0.15) is 62.9 Å². The highest BCUT2D eigenvalue weighted by Crippen LogP contribution is 2.28. The Morgan fingerprint density at radius 2 is 1.77 bits per heavy atom. The Kier molecular flexibility index (Phi) is 7.45. The van der Waals surface area contributed by atoms with E-state index in [1.165, 1.54) is 28.6 Å². The van der Waals surface area contributed by atoms with Gasteiger partial charge in [-0.15, -0.1) is 5.10 Å². The van der Waals surface area contributed by atoms with E-state index in [-0.39, 0.29) is 34.4 Å². The van der Waals surface area contributed by atoms with Crippen LogP contribution in [-0.4, -0.2) is 48.5 Å². The Hall–Kier alpha value is -2.30. The fourth-order valence-corrected chi connectivity index (χ4v) is 5.14. The second-order valence-electron chi connectivity index (χ2n) is 8.54. The summed E-state index contributed by atoms with van der Waals surface area (Å²) in [5, 5.41) is 10.3. The molecule has 3 rings (SSSR count). The van der Waals surface area contributed by atoms with Crippen LogP contribution in [-0.2, 0) is 14.8 Å². The highest BCUT2D eigenvalue weighted by molar-refractivity contribution is 7.89. The third kappa shape index (κ3) is 5.90. The molecule has 1 aliphatic heterocycles. The Morgan fingerprint density at radius 1 is 1.13 bits per heavy atom. The summed E-state index contributed by atoms with van der Waals surface area (Å²) in [5.41, 5.74) is 0.287. The zero-order valence-corrected chi connectivity index (χ0v) is 19.2. The van der Waals surface area contributed by atoms with E-state index in [0.29, 0.717) is 25.6 Å². The van der Waals surface area contributed by atoms with Gasteiger partial charge >= 0.3 is 6.01 Å². The molecule has 1 atom stereocenters. The first kappa shape index (κ1) is 23.4. The van der Waals surface area contributed by atoms with E-state index in [4.69, 9.17) is 9.15 Å². The number of nitrogens with zero attached hydrogens (tertiary/aromatic N) is 3. The maximum Gasteiger partial charge on any atom is 0.322 e. The van der Waals surface area contributed by atoms with Gasteiger partial charge in [-0.1, -0.05) is 32.8 Å². The normalized spacial score (nSPS) is 17.1. The van der Waals surface area contributed by atoms with Crippen molar-refractivity contribution >= 4 is 21.9 Å². The number of amides is 1. The number of benzene rings is 1. The summed E-state index contributed by atoms with van der Waals surface area (Å²) in [6, 6.07) is 5.82. The predicted molar refractivity (Wildman–Crippen MR) is 115 cm³/mol. The van der Waals surface area contributed by atoms with Gasteiger partial charge in [-0.3, -0.25) is 10.1 Å². The number of carbonyl (C=O) groups excluding carboxylic acids is 1. The van der Waals surface area contributed by atoms with Gasteiger partial charge in [-0.2, -0.15) is 4.31 Å². The molecule has 1 saturated heterocycles. The molecule has 1 fully saturated rings. The highest BCUT2D eigenvalue weighted by atomic mass is 32.2. The predicted octanol–water partition coefficient (Wildman–Crippen LogP) is 3.48. The lowest BCUT2D eigenvalue weighted by Gasteiger charge is -2.25. The molecule has 1 N–H and O–H groups in total. The van der Waals surface area contributed by atoms with E-state index in [0.717, 1.165) is 12.8 Å². The van der Waals surface area contributed by atoms with Crippen molar-refractivity contribution in [2.45, 2.75) is 51.5 Å². The molecule has 2 heterocycles. The van der Waals surface area contributed by atoms with Gasteiger partial charge in [0.1, 0.15) is 6.10 Å². The van der Waals surface area contributed by atoms with Gasteiger partial charge in [0.15, 0.2) is 0 Å². The summed E-state index contributed by atoms with van der Waals surface area (Å²) in [4.78, 5) is 12.7. The molecule has 1 aliphatic rings. The lowest BCUT2D eigenvalue weighted by Crippen LogP contribution is -2.37. The fourth-order valence-electron chi connectivity index (χ4n) is 3.37. The Morgan fingerprint density at radius 3 is 2.32 bits per heavy atom. The molecule has 9 nitrogen and oxygen atoms in total. The molecular formula is C21H30N4O5S. The van der Waals surface area contributed by atoms with E-state index in [1.807, 2.05) is 27.7 Å². The Labute approximate surface area is 183 Å². The third-order valence-corrected chi connectivity index (χ3v) is 6.60. The first-order valence-electron chi connectivity index (χ1n) is 10.5. The summed E-state index contributed by atoms with van der Waals surface area (Å²) < 4.78 is 38.6. The smallest absolute Gasteiger partial charge is 0.322 e. The summed E-state index contributed by atoms with van der Waals surface area (Å²) in [7, 11) is -3.65. The first-order valence-corrected chi connectivity index (χ1v) is 12.0. The van der Waals surface area contributed by atoms with E-state index < -0.39 is 15.9 Å². The van der Waals surface area contributed by atoms with Crippen molar-refractivity contribution in [1.29, 1.82) is 0 Å². The summed E-state index contributed by atoms with van der Waals surface area (Å²) >= 11 is 0. The molecule has 0 bridgehead atoms. The lowest BCUT2D eigenvalue weighted by atomic mass is 10.2. The van der Waals surface area contributed by atoms with Crippen molar-refractivity contribution in [3.8, 4) is 0 Å². The largest absolute Gasteiger partial charge is 0.405 e. The Bertz CT molecular complexity index is 969. The second-order valence-corrected chi connectivity index (χ2v) is 10.5. The lowest BCUT2D eigenvalue weighted by molar-refractivity contribution is 0.0893. The number of aromatic nitrogens is 2. The van der Waals surface area contributed by atoms with Crippen LogP contribution < -0.4 is 5.32 Å². The number of ether oxygens (including phenoxy) is 1. The SMILES string of the molecule is CC(C)CN(CC(C)C)S(=O)(=O)c1ccc(C(=O)Nc2nnc(C3CCCO3)o2)cc1. The van der Waals surface area contributed by atoms with Crippen LogP contribution in [0.4, 0.5) is 6.01 Å². The number of sulfonamides is 1. The van der Waals surface area contributed by atoms with Gasteiger partial charge in [0, 0.05) is 25.3 Å². The molecule has 1 unspecified atom stereocenters. The summed E-state index contributed by atoms with van der Waals surface area (Å²) in [6.07, 6.45) is 1.49. The minimum Gasteiger partial charge on any atom is -0.405 e. The number of anilines is 1. The van der Waals surface area contributed by atoms with Crippen LogP contribution in [0.5, 0.6) is 0 Å². The van der Waals surface area contributed by atoms with Gasteiger partial charge in [-0.25, -0.2) is 8.42 Å². The number of hydrogen-bond donors (Lipinski definition) is 1. The van der Waals surface area contributed by atoms with E-state index in [9.17, 15) is 13.2 Å². The zero-order chi connectivity index (χ0) is 22.6. The minimum atomic E-state index is -3.65. The Balaban J connectivity index is 1.70. The third-order valence-electron chi connectivity index (χ3n) is 4.76. The summed E-state index contributed by atoms with van der Waals surface area (Å²) in [6.45, 7) is 9.46. The number of carbonyl (C=O) groups is 1. The molecule has 0 aliphatic carbocycles. The van der Waals surface area contributed by atoms with Crippen LogP contribution in [0.2, 0.25) is 0 Å². The minimum absolute atomic E-state index is 0.0211. The first-order chi connectivity index (χ1) is 14.7. The van der Waals surface area contributed by atoms with Crippen molar-refractivity contribution in [3.63, 3.8) is 0 Å². The van der Waals surface area contributed by atoms with E-state index in [2.05, 4.69) is 15.5 Å². The van der Waals surface area contributed by atoms with Gasteiger partial charge < -0.3 is 9.15 Å². The van der Waals surface area contributed by atoms with Gasteiger partial charge in [0.2, 0.25) is 15.9 Å². The molecule has 10 heteroatoms. The van der Waals surface area contributed by atoms with Crippen molar-refractivity contribution in [3.05, 3.63) is 35.7 Å². The molecule has 1 aromatic carbocycles. The van der Waals surface area contributed by atoms with Gasteiger partial charge in [0.25, 0.3) is 5.91 Å². The van der Waals surface area contributed by atoms with Crippen LogP contribution in [0.3, 0.4) is 0 Å². The van der Waals surface area contributed by atoms with Crippen molar-refractivity contribution in [1.82, 2.24) is 14.5 Å². The maximum atomic E-state index is 13.1. The quantitative estimate of drug-likeness (QED) is 0.622. The molecule has 0 saturated carbocycles. The van der Waals surface area contributed by atoms with Crippen molar-refractivity contribution in [2.24, 2.45) is 11.8 Å². The molecule has 31 heavy (non-hydrogen) atoms. The topological polar surface area (TPSA) is 115 Å². The monoisotopic (exact) mass is 450 g/mol. The van der Waals surface area contributed by atoms with Crippen LogP contribution in [0, 0.1) is 11.8 Å². The van der Waals surface area contributed by atoms with Crippen LogP contribution >= 0.6 is 0 Å². The average Bonchev–Trinajstić information content (AvgIpc) is 3.38. The average molecular weight is 451 g/mol. The summed E-state index contributed by atoms with van der Waals surface area (Å²) in [5.74, 6) is 0.275. The van der Waals surface area contributed by atoms with Gasteiger partial charge in [-0.05, 0) is 48.9 Å². The number of nitrogens with one attached hydrogen (secondary N) is 1. The molecule has 170 valence electrons. The maximum absolute atomic E-state index is 13.1. The zero-order valence-electron chi connectivity index (χ0n) is 18.4. The molecule has 2 aromatic rings.